The Kier molecular flexibility index (Phi) is 6.52. The molecule has 7 nitrogen and oxygen atoms in total. The monoisotopic (exact) mass is 390 g/mol. The van der Waals surface area contributed by atoms with Crippen molar-refractivity contribution in [2.75, 3.05) is 17.2 Å². The molecule has 1 heterocycles. The van der Waals surface area contributed by atoms with Gasteiger partial charge in [-0.15, -0.1) is 0 Å². The maximum Gasteiger partial charge on any atom is 0.340 e. The molecule has 0 unspecified atom stereocenters. The highest BCUT2D eigenvalue weighted by molar-refractivity contribution is 6.03. The van der Waals surface area contributed by atoms with Crippen LogP contribution in [-0.2, 0) is 11.2 Å². The molecule has 1 aromatic heterocycles. The quantitative estimate of drug-likeness (QED) is 0.587. The zero-order valence-electron chi connectivity index (χ0n) is 16.3. The molecule has 0 saturated heterocycles. The summed E-state index contributed by atoms with van der Waals surface area (Å²) < 4.78 is 5.08. The van der Waals surface area contributed by atoms with Gasteiger partial charge < -0.3 is 15.4 Å². The lowest BCUT2D eigenvalue weighted by Gasteiger charge is -2.11. The van der Waals surface area contributed by atoms with Gasteiger partial charge in [0.1, 0.15) is 17.8 Å². The van der Waals surface area contributed by atoms with Crippen LogP contribution in [0.4, 0.5) is 17.2 Å². The smallest absolute Gasteiger partial charge is 0.340 e. The summed E-state index contributed by atoms with van der Waals surface area (Å²) in [5.41, 5.74) is 3.00. The van der Waals surface area contributed by atoms with Crippen molar-refractivity contribution in [3.8, 4) is 0 Å². The molecular weight excluding hydrogens is 368 g/mol. The minimum atomic E-state index is -0.432. The normalized spacial score (nSPS) is 10.3. The van der Waals surface area contributed by atoms with Crippen LogP contribution in [0.5, 0.6) is 0 Å². The Labute approximate surface area is 169 Å². The lowest BCUT2D eigenvalue weighted by molar-refractivity contribution is 0.0527. The third-order valence-electron chi connectivity index (χ3n) is 4.20. The Bertz CT molecular complexity index is 1000. The number of nitrogens with one attached hydrogen (secondary N) is 2. The summed E-state index contributed by atoms with van der Waals surface area (Å²) in [5, 5.41) is 5.87. The second-order valence-corrected chi connectivity index (χ2v) is 6.18. The van der Waals surface area contributed by atoms with Gasteiger partial charge in [0.15, 0.2) is 0 Å². The van der Waals surface area contributed by atoms with E-state index in [1.807, 2.05) is 24.3 Å². The van der Waals surface area contributed by atoms with Gasteiger partial charge in [-0.25, -0.2) is 14.8 Å². The molecule has 29 heavy (non-hydrogen) atoms. The van der Waals surface area contributed by atoms with Gasteiger partial charge >= 0.3 is 5.97 Å². The van der Waals surface area contributed by atoms with Crippen molar-refractivity contribution >= 4 is 29.1 Å². The Balaban J connectivity index is 1.76. The predicted molar refractivity (Wildman–Crippen MR) is 111 cm³/mol. The first-order chi connectivity index (χ1) is 14.1. The fourth-order valence-corrected chi connectivity index (χ4v) is 2.69. The average Bonchev–Trinajstić information content (AvgIpc) is 2.75. The fraction of sp³-hybridized carbons (Fsp3) is 0.182. The summed E-state index contributed by atoms with van der Waals surface area (Å²) in [4.78, 5) is 32.8. The van der Waals surface area contributed by atoms with Crippen LogP contribution in [0.2, 0.25) is 0 Å². The van der Waals surface area contributed by atoms with Crippen LogP contribution in [0, 0.1) is 0 Å². The number of anilines is 3. The molecule has 2 aromatic carbocycles. The van der Waals surface area contributed by atoms with E-state index in [0.717, 1.165) is 6.42 Å². The molecule has 0 aliphatic rings. The summed E-state index contributed by atoms with van der Waals surface area (Å²) in [7, 11) is 0. The zero-order chi connectivity index (χ0) is 20.6. The van der Waals surface area contributed by atoms with Crippen LogP contribution < -0.4 is 10.6 Å². The van der Waals surface area contributed by atoms with Crippen molar-refractivity contribution in [3.05, 3.63) is 77.7 Å². The Hall–Kier alpha value is -3.74. The zero-order valence-corrected chi connectivity index (χ0v) is 16.3. The number of hydrogen-bond acceptors (Lipinski definition) is 6. The summed E-state index contributed by atoms with van der Waals surface area (Å²) in [6.07, 6.45) is 2.23. The highest BCUT2D eigenvalue weighted by Crippen LogP contribution is 2.21. The number of carbonyl (C=O) groups is 2. The number of para-hydroxylation sites is 1. The molecular formula is C22H22N4O3. The molecule has 1 amide bonds. The number of esters is 1. The van der Waals surface area contributed by atoms with Crippen LogP contribution in [0.25, 0.3) is 0 Å². The molecule has 0 aliphatic heterocycles. The maximum absolute atomic E-state index is 12.5. The number of benzene rings is 2. The number of carbonyl (C=O) groups excluding carboxylic acids is 2. The van der Waals surface area contributed by atoms with Crippen molar-refractivity contribution in [2.24, 2.45) is 0 Å². The number of amides is 1. The van der Waals surface area contributed by atoms with Crippen LogP contribution >= 0.6 is 0 Å². The molecule has 3 aromatic rings. The Morgan fingerprint density at radius 2 is 1.76 bits per heavy atom. The molecule has 0 saturated carbocycles. The predicted octanol–water partition coefficient (Wildman–Crippen LogP) is 4.21. The molecule has 148 valence electrons. The fourth-order valence-electron chi connectivity index (χ4n) is 2.69. The molecule has 2 N–H and O–H groups in total. The van der Waals surface area contributed by atoms with E-state index in [2.05, 4.69) is 27.5 Å². The second-order valence-electron chi connectivity index (χ2n) is 6.18. The summed E-state index contributed by atoms with van der Waals surface area (Å²) in [6, 6.07) is 16.1. The number of nitrogens with zero attached hydrogens (tertiary/aromatic N) is 2. The van der Waals surface area contributed by atoms with Crippen LogP contribution in [0.1, 0.15) is 40.3 Å². The van der Waals surface area contributed by atoms with E-state index in [4.69, 9.17) is 4.74 Å². The summed E-state index contributed by atoms with van der Waals surface area (Å²) in [5.74, 6) is -0.389. The lowest BCUT2D eigenvalue weighted by atomic mass is 10.1. The first-order valence-electron chi connectivity index (χ1n) is 9.36. The third kappa shape index (κ3) is 5.16. The Morgan fingerprint density at radius 3 is 2.48 bits per heavy atom. The van der Waals surface area contributed by atoms with Gasteiger partial charge in [0.25, 0.3) is 5.91 Å². The van der Waals surface area contributed by atoms with Crippen molar-refractivity contribution in [2.45, 2.75) is 20.3 Å². The number of ether oxygens (including phenoxy) is 1. The van der Waals surface area contributed by atoms with E-state index in [-0.39, 0.29) is 18.2 Å². The molecule has 3 rings (SSSR count). The van der Waals surface area contributed by atoms with Crippen molar-refractivity contribution in [1.29, 1.82) is 0 Å². The van der Waals surface area contributed by atoms with Gasteiger partial charge in [-0.2, -0.15) is 0 Å². The van der Waals surface area contributed by atoms with E-state index < -0.39 is 5.97 Å². The first-order valence-corrected chi connectivity index (χ1v) is 9.36. The second kappa shape index (κ2) is 9.45. The molecule has 0 atom stereocenters. The van der Waals surface area contributed by atoms with Crippen molar-refractivity contribution in [3.63, 3.8) is 0 Å². The van der Waals surface area contributed by atoms with Crippen LogP contribution in [-0.4, -0.2) is 28.5 Å². The Morgan fingerprint density at radius 1 is 1.00 bits per heavy atom. The van der Waals surface area contributed by atoms with E-state index >= 15 is 0 Å². The minimum Gasteiger partial charge on any atom is -0.462 e. The largest absolute Gasteiger partial charge is 0.462 e. The minimum absolute atomic E-state index is 0.204. The van der Waals surface area contributed by atoms with Crippen molar-refractivity contribution < 1.29 is 14.3 Å². The van der Waals surface area contributed by atoms with Gasteiger partial charge in [0.2, 0.25) is 0 Å². The van der Waals surface area contributed by atoms with E-state index in [1.165, 1.54) is 18.0 Å². The van der Waals surface area contributed by atoms with Gasteiger partial charge in [0, 0.05) is 11.8 Å². The van der Waals surface area contributed by atoms with Gasteiger partial charge in [-0.05, 0) is 43.2 Å². The number of aromatic nitrogens is 2. The number of hydrogen-bond donors (Lipinski definition) is 2. The maximum atomic E-state index is 12.5. The molecule has 0 bridgehead atoms. The average molecular weight is 390 g/mol. The topological polar surface area (TPSA) is 93.2 Å². The SMILES string of the molecule is CCOC(=O)c1ccccc1Nc1cc(C(=O)Nc2ccc(CC)cc2)ncn1. The van der Waals surface area contributed by atoms with E-state index in [1.54, 1.807) is 31.2 Å². The van der Waals surface area contributed by atoms with Crippen molar-refractivity contribution in [1.82, 2.24) is 9.97 Å². The van der Waals surface area contributed by atoms with Crippen LogP contribution in [0.3, 0.4) is 0 Å². The summed E-state index contributed by atoms with van der Waals surface area (Å²) in [6.45, 7) is 4.10. The number of rotatable bonds is 7. The van der Waals surface area contributed by atoms with E-state index in [9.17, 15) is 9.59 Å². The highest BCUT2D eigenvalue weighted by Gasteiger charge is 2.14. The highest BCUT2D eigenvalue weighted by atomic mass is 16.5. The lowest BCUT2D eigenvalue weighted by Crippen LogP contribution is -2.14. The third-order valence-corrected chi connectivity index (χ3v) is 4.20. The number of aryl methyl sites for hydroxylation is 1. The van der Waals surface area contributed by atoms with Gasteiger partial charge in [-0.3, -0.25) is 4.79 Å². The first kappa shape index (κ1) is 20.0. The molecule has 0 radical (unpaired) electrons. The standard InChI is InChI=1S/C22H22N4O3/c1-3-15-9-11-16(12-10-15)25-21(27)19-13-20(24-14-23-19)26-18-8-6-5-7-17(18)22(28)29-4-2/h5-14H,3-4H2,1-2H3,(H,25,27)(H,23,24,26). The molecule has 0 spiro atoms. The van der Waals surface area contributed by atoms with E-state index in [0.29, 0.717) is 22.8 Å². The molecule has 0 aliphatic carbocycles. The van der Waals surface area contributed by atoms with Crippen LogP contribution in [0.15, 0.2) is 60.9 Å². The summed E-state index contributed by atoms with van der Waals surface area (Å²) >= 11 is 0. The molecule has 0 fully saturated rings. The van der Waals surface area contributed by atoms with Gasteiger partial charge in [-0.1, -0.05) is 31.2 Å². The molecule has 7 heteroatoms. The van der Waals surface area contributed by atoms with Gasteiger partial charge in [0.05, 0.1) is 17.9 Å².